The van der Waals surface area contributed by atoms with E-state index in [4.69, 9.17) is 4.74 Å². The van der Waals surface area contributed by atoms with Crippen LogP contribution in [0.5, 0.6) is 5.75 Å². The first-order chi connectivity index (χ1) is 11.4. The number of ether oxygens (including phenoxy) is 1. The molecule has 0 N–H and O–H groups in total. The lowest BCUT2D eigenvalue weighted by Crippen LogP contribution is -2.06. The molecule has 0 bridgehead atoms. The van der Waals surface area contributed by atoms with Gasteiger partial charge in [-0.3, -0.25) is 0 Å². The van der Waals surface area contributed by atoms with Crippen LogP contribution in [0.15, 0.2) is 77.7 Å². The van der Waals surface area contributed by atoms with E-state index in [1.807, 2.05) is 17.8 Å². The van der Waals surface area contributed by atoms with Gasteiger partial charge in [-0.15, -0.1) is 11.8 Å². The summed E-state index contributed by atoms with van der Waals surface area (Å²) < 4.78 is 6.19. The van der Waals surface area contributed by atoms with Gasteiger partial charge in [0.05, 0.1) is 0 Å². The highest BCUT2D eigenvalue weighted by molar-refractivity contribution is 7.99. The van der Waals surface area contributed by atoms with Crippen LogP contribution in [0.4, 0.5) is 0 Å². The minimum absolute atomic E-state index is 0.151. The van der Waals surface area contributed by atoms with Crippen LogP contribution < -0.4 is 4.74 Å². The number of hydrogen-bond acceptors (Lipinski definition) is 2. The Kier molecular flexibility index (Phi) is 4.25. The highest BCUT2D eigenvalue weighted by Gasteiger charge is 2.25. The van der Waals surface area contributed by atoms with E-state index in [2.05, 4.69) is 66.8 Å². The molecule has 1 aliphatic carbocycles. The molecule has 0 saturated carbocycles. The van der Waals surface area contributed by atoms with Crippen LogP contribution in [0.1, 0.15) is 23.7 Å². The lowest BCUT2D eigenvalue weighted by atomic mass is 10.0. The zero-order chi connectivity index (χ0) is 15.5. The van der Waals surface area contributed by atoms with E-state index in [1.54, 1.807) is 0 Å². The fourth-order valence-electron chi connectivity index (χ4n) is 3.19. The SMILES string of the molecule is C1=CCC(CSc2ccccc2C2Cc3ccccc3O2)C=C1. The molecular weight excluding hydrogens is 300 g/mol. The highest BCUT2D eigenvalue weighted by atomic mass is 32.2. The predicted molar refractivity (Wildman–Crippen MR) is 97.1 cm³/mol. The summed E-state index contributed by atoms with van der Waals surface area (Å²) in [6.07, 6.45) is 11.1. The van der Waals surface area contributed by atoms with E-state index in [1.165, 1.54) is 16.0 Å². The zero-order valence-corrected chi connectivity index (χ0v) is 13.8. The summed E-state index contributed by atoms with van der Waals surface area (Å²) in [7, 11) is 0. The average Bonchev–Trinajstić information content (AvgIpc) is 3.05. The first-order valence-electron chi connectivity index (χ1n) is 8.20. The van der Waals surface area contributed by atoms with Gasteiger partial charge < -0.3 is 4.74 Å². The molecule has 1 nitrogen and oxygen atoms in total. The van der Waals surface area contributed by atoms with E-state index in [0.29, 0.717) is 5.92 Å². The number of fused-ring (bicyclic) bond motifs is 1. The number of benzene rings is 2. The molecule has 0 aromatic heterocycles. The number of rotatable bonds is 4. The predicted octanol–water partition coefficient (Wildman–Crippen LogP) is 5.59. The first kappa shape index (κ1) is 14.6. The highest BCUT2D eigenvalue weighted by Crippen LogP contribution is 2.40. The van der Waals surface area contributed by atoms with Gasteiger partial charge in [-0.2, -0.15) is 0 Å². The van der Waals surface area contributed by atoms with Gasteiger partial charge >= 0.3 is 0 Å². The van der Waals surface area contributed by atoms with Gasteiger partial charge in [0.2, 0.25) is 0 Å². The Hall–Kier alpha value is -1.93. The van der Waals surface area contributed by atoms with Crippen molar-refractivity contribution in [2.24, 2.45) is 5.92 Å². The molecule has 2 aromatic carbocycles. The van der Waals surface area contributed by atoms with Gasteiger partial charge in [0, 0.05) is 22.6 Å². The largest absolute Gasteiger partial charge is 0.485 e. The van der Waals surface area contributed by atoms with E-state index >= 15 is 0 Å². The van der Waals surface area contributed by atoms with E-state index < -0.39 is 0 Å². The molecule has 2 aromatic rings. The van der Waals surface area contributed by atoms with Crippen LogP contribution in [0.3, 0.4) is 0 Å². The number of hydrogen-bond donors (Lipinski definition) is 0. The van der Waals surface area contributed by atoms with Crippen LogP contribution in [-0.4, -0.2) is 5.75 Å². The summed E-state index contributed by atoms with van der Waals surface area (Å²) in [5.41, 5.74) is 2.64. The third kappa shape index (κ3) is 3.23. The summed E-state index contributed by atoms with van der Waals surface area (Å²) >= 11 is 1.95. The Balaban J connectivity index is 1.49. The smallest absolute Gasteiger partial charge is 0.129 e. The Morgan fingerprint density at radius 3 is 2.74 bits per heavy atom. The Morgan fingerprint density at radius 2 is 1.87 bits per heavy atom. The van der Waals surface area contributed by atoms with Gasteiger partial charge in [0.15, 0.2) is 0 Å². The number of thioether (sulfide) groups is 1. The Labute approximate surface area is 142 Å². The van der Waals surface area contributed by atoms with Crippen LogP contribution in [-0.2, 0) is 6.42 Å². The van der Waals surface area contributed by atoms with Crippen molar-refractivity contribution in [3.05, 3.63) is 84.0 Å². The molecule has 0 saturated heterocycles. The van der Waals surface area contributed by atoms with Gasteiger partial charge in [0.1, 0.15) is 11.9 Å². The second kappa shape index (κ2) is 6.67. The molecule has 1 aliphatic heterocycles. The van der Waals surface area contributed by atoms with Crippen LogP contribution in [0.2, 0.25) is 0 Å². The third-order valence-corrected chi connectivity index (χ3v) is 5.71. The average molecular weight is 320 g/mol. The number of allylic oxidation sites excluding steroid dienone is 4. The summed E-state index contributed by atoms with van der Waals surface area (Å²) in [5, 5.41) is 0. The van der Waals surface area contributed by atoms with Gasteiger partial charge in [-0.1, -0.05) is 60.7 Å². The molecule has 2 aliphatic rings. The molecule has 1 heterocycles. The minimum Gasteiger partial charge on any atom is -0.485 e. The van der Waals surface area contributed by atoms with Gasteiger partial charge in [-0.05, 0) is 30.0 Å². The molecule has 0 spiro atoms. The van der Waals surface area contributed by atoms with Crippen molar-refractivity contribution in [2.45, 2.75) is 23.8 Å². The topological polar surface area (TPSA) is 9.23 Å². The molecule has 2 unspecified atom stereocenters. The molecule has 2 heteroatoms. The fraction of sp³-hybridized carbons (Fsp3) is 0.238. The lowest BCUT2D eigenvalue weighted by Gasteiger charge is -2.17. The van der Waals surface area contributed by atoms with Crippen molar-refractivity contribution in [3.63, 3.8) is 0 Å². The van der Waals surface area contributed by atoms with Crippen molar-refractivity contribution < 1.29 is 4.74 Å². The Morgan fingerprint density at radius 1 is 1.00 bits per heavy atom. The van der Waals surface area contributed by atoms with Crippen LogP contribution in [0.25, 0.3) is 0 Å². The fourth-order valence-corrected chi connectivity index (χ4v) is 4.37. The third-order valence-electron chi connectivity index (χ3n) is 4.44. The van der Waals surface area contributed by atoms with Crippen LogP contribution >= 0.6 is 11.8 Å². The minimum atomic E-state index is 0.151. The monoisotopic (exact) mass is 320 g/mol. The second-order valence-corrected chi connectivity index (χ2v) is 7.14. The summed E-state index contributed by atoms with van der Waals surface area (Å²) in [4.78, 5) is 1.35. The maximum absolute atomic E-state index is 6.19. The van der Waals surface area contributed by atoms with Gasteiger partial charge in [0.25, 0.3) is 0 Å². The molecule has 4 rings (SSSR count). The first-order valence-corrected chi connectivity index (χ1v) is 9.18. The molecule has 0 radical (unpaired) electrons. The van der Waals surface area contributed by atoms with Gasteiger partial charge in [-0.25, -0.2) is 0 Å². The standard InChI is InChI=1S/C21H20OS/c1-2-8-16(9-3-1)15-23-21-13-7-5-11-18(21)20-14-17-10-4-6-12-19(17)22-20/h1-8,10-13,16,20H,9,14-15H2. The summed E-state index contributed by atoms with van der Waals surface area (Å²) in [6.45, 7) is 0. The molecule has 2 atom stereocenters. The quantitative estimate of drug-likeness (QED) is 0.679. The molecule has 0 fully saturated rings. The van der Waals surface area contributed by atoms with Crippen molar-refractivity contribution in [1.29, 1.82) is 0 Å². The Bertz CT molecular complexity index is 722. The van der Waals surface area contributed by atoms with E-state index in [-0.39, 0.29) is 6.10 Å². The van der Waals surface area contributed by atoms with Crippen LogP contribution in [0, 0.1) is 5.92 Å². The zero-order valence-electron chi connectivity index (χ0n) is 13.0. The normalized spacial score (nSPS) is 21.9. The second-order valence-electron chi connectivity index (χ2n) is 6.08. The van der Waals surface area contributed by atoms with Crippen molar-refractivity contribution in [2.75, 3.05) is 5.75 Å². The molecule has 23 heavy (non-hydrogen) atoms. The summed E-state index contributed by atoms with van der Waals surface area (Å²) in [6, 6.07) is 17.1. The van der Waals surface area contributed by atoms with E-state index in [0.717, 1.165) is 24.3 Å². The van der Waals surface area contributed by atoms with Crippen molar-refractivity contribution >= 4 is 11.8 Å². The molecule has 116 valence electrons. The molecule has 0 amide bonds. The van der Waals surface area contributed by atoms with E-state index in [9.17, 15) is 0 Å². The summed E-state index contributed by atoms with van der Waals surface area (Å²) in [5.74, 6) is 2.80. The number of para-hydroxylation sites is 1. The van der Waals surface area contributed by atoms with Crippen molar-refractivity contribution in [3.8, 4) is 5.75 Å². The maximum Gasteiger partial charge on any atom is 0.129 e. The molecular formula is C21H20OS. The van der Waals surface area contributed by atoms with Crippen molar-refractivity contribution in [1.82, 2.24) is 0 Å². The lowest BCUT2D eigenvalue weighted by molar-refractivity contribution is 0.235. The maximum atomic E-state index is 6.19.